The summed E-state index contributed by atoms with van der Waals surface area (Å²) in [5.74, 6) is 0. The Labute approximate surface area is 105 Å². The molecule has 0 amide bonds. The number of nitrogens with zero attached hydrogens (tertiary/aromatic N) is 2. The smallest absolute Gasteiger partial charge is 0.0630 e. The van der Waals surface area contributed by atoms with Gasteiger partial charge in [0.15, 0.2) is 0 Å². The van der Waals surface area contributed by atoms with Gasteiger partial charge in [-0.05, 0) is 32.7 Å². The van der Waals surface area contributed by atoms with Crippen molar-refractivity contribution in [2.24, 2.45) is 5.73 Å². The largest absolute Gasteiger partial charge is 0.383 e. The maximum atomic E-state index is 5.98. The number of ether oxygens (including phenoxy) is 1. The van der Waals surface area contributed by atoms with Crippen LogP contribution in [0, 0.1) is 0 Å². The monoisotopic (exact) mass is 241 g/mol. The Morgan fingerprint density at radius 2 is 1.88 bits per heavy atom. The van der Waals surface area contributed by atoms with Gasteiger partial charge < -0.3 is 10.5 Å². The van der Waals surface area contributed by atoms with Gasteiger partial charge in [-0.3, -0.25) is 9.80 Å². The lowest BCUT2D eigenvalue weighted by atomic mass is 9.90. The van der Waals surface area contributed by atoms with E-state index in [0.717, 1.165) is 25.7 Å². The van der Waals surface area contributed by atoms with Gasteiger partial charge in [0.25, 0.3) is 0 Å². The van der Waals surface area contributed by atoms with Crippen LogP contribution in [0.4, 0.5) is 0 Å². The molecular weight excluding hydrogens is 214 g/mol. The first-order valence-electron chi connectivity index (χ1n) is 6.89. The van der Waals surface area contributed by atoms with E-state index in [1.165, 1.54) is 32.2 Å². The molecule has 1 heterocycles. The van der Waals surface area contributed by atoms with E-state index >= 15 is 0 Å². The highest BCUT2D eigenvalue weighted by molar-refractivity contribution is 4.87. The van der Waals surface area contributed by atoms with Crippen molar-refractivity contribution in [1.82, 2.24) is 9.80 Å². The van der Waals surface area contributed by atoms with Crippen molar-refractivity contribution < 1.29 is 4.74 Å². The minimum absolute atomic E-state index is 0.452. The fourth-order valence-corrected chi connectivity index (χ4v) is 3.14. The summed E-state index contributed by atoms with van der Waals surface area (Å²) in [6, 6.07) is 1.78. The highest BCUT2D eigenvalue weighted by Crippen LogP contribution is 2.24. The first-order chi connectivity index (χ1) is 8.20. The SMILES string of the molecule is COC[C@H]1CN(C2CCC(N)CC2)CCN1C. The van der Waals surface area contributed by atoms with E-state index in [-0.39, 0.29) is 0 Å². The zero-order valence-corrected chi connectivity index (χ0v) is 11.3. The molecule has 100 valence electrons. The predicted octanol–water partition coefficient (Wildman–Crippen LogP) is 0.519. The van der Waals surface area contributed by atoms with Crippen molar-refractivity contribution >= 4 is 0 Å². The molecule has 2 aliphatic rings. The number of piperazine rings is 1. The van der Waals surface area contributed by atoms with Crippen molar-refractivity contribution in [3.05, 3.63) is 0 Å². The Morgan fingerprint density at radius 1 is 1.18 bits per heavy atom. The number of nitrogens with two attached hydrogens (primary N) is 1. The van der Waals surface area contributed by atoms with Gasteiger partial charge in [0.1, 0.15) is 0 Å². The summed E-state index contributed by atoms with van der Waals surface area (Å²) in [5.41, 5.74) is 5.98. The summed E-state index contributed by atoms with van der Waals surface area (Å²) < 4.78 is 5.32. The van der Waals surface area contributed by atoms with E-state index in [4.69, 9.17) is 10.5 Å². The molecule has 4 heteroatoms. The quantitative estimate of drug-likeness (QED) is 0.782. The molecule has 0 spiro atoms. The topological polar surface area (TPSA) is 41.7 Å². The molecule has 0 bridgehead atoms. The molecule has 0 radical (unpaired) electrons. The molecule has 1 aliphatic carbocycles. The number of methoxy groups -OCH3 is 1. The lowest BCUT2D eigenvalue weighted by molar-refractivity contribution is 0.0138. The second kappa shape index (κ2) is 6.14. The van der Waals surface area contributed by atoms with Gasteiger partial charge in [-0.15, -0.1) is 0 Å². The van der Waals surface area contributed by atoms with E-state index in [1.807, 2.05) is 0 Å². The van der Waals surface area contributed by atoms with Crippen LogP contribution in [0.15, 0.2) is 0 Å². The van der Waals surface area contributed by atoms with Crippen LogP contribution in [0.5, 0.6) is 0 Å². The van der Waals surface area contributed by atoms with Gasteiger partial charge >= 0.3 is 0 Å². The number of rotatable bonds is 3. The normalized spacial score (nSPS) is 37.2. The Kier molecular flexibility index (Phi) is 4.79. The van der Waals surface area contributed by atoms with Gasteiger partial charge in [0.2, 0.25) is 0 Å². The van der Waals surface area contributed by atoms with Crippen molar-refractivity contribution in [3.63, 3.8) is 0 Å². The van der Waals surface area contributed by atoms with Crippen LogP contribution in [0.3, 0.4) is 0 Å². The molecule has 1 atom stereocenters. The molecule has 0 aromatic heterocycles. The zero-order chi connectivity index (χ0) is 12.3. The summed E-state index contributed by atoms with van der Waals surface area (Å²) in [6.07, 6.45) is 4.97. The van der Waals surface area contributed by atoms with E-state index in [0.29, 0.717) is 12.1 Å². The summed E-state index contributed by atoms with van der Waals surface area (Å²) in [6.45, 7) is 4.37. The average Bonchev–Trinajstić information content (AvgIpc) is 2.33. The van der Waals surface area contributed by atoms with Crippen molar-refractivity contribution in [2.45, 2.75) is 43.8 Å². The Hall–Kier alpha value is -0.160. The average molecular weight is 241 g/mol. The zero-order valence-electron chi connectivity index (χ0n) is 11.3. The predicted molar refractivity (Wildman–Crippen MR) is 70.1 cm³/mol. The van der Waals surface area contributed by atoms with Crippen LogP contribution in [0.1, 0.15) is 25.7 Å². The molecule has 0 unspecified atom stereocenters. The van der Waals surface area contributed by atoms with Crippen LogP contribution in [-0.2, 0) is 4.74 Å². The molecule has 4 nitrogen and oxygen atoms in total. The molecule has 0 aromatic carbocycles. The van der Waals surface area contributed by atoms with Crippen LogP contribution in [0.2, 0.25) is 0 Å². The molecule has 0 aromatic rings. The first kappa shape index (κ1) is 13.3. The van der Waals surface area contributed by atoms with E-state index < -0.39 is 0 Å². The van der Waals surface area contributed by atoms with Crippen LogP contribution >= 0.6 is 0 Å². The Bertz CT molecular complexity index is 229. The standard InChI is InChI=1S/C13H27N3O/c1-15-7-8-16(9-13(15)10-17-2)12-5-3-11(14)4-6-12/h11-13H,3-10,14H2,1-2H3/t11?,12?,13-/m1/s1. The summed E-state index contributed by atoms with van der Waals surface area (Å²) in [5, 5.41) is 0. The number of likely N-dealkylation sites (N-methyl/N-ethyl adjacent to an activating group) is 1. The molecule has 1 saturated heterocycles. The lowest BCUT2D eigenvalue weighted by Crippen LogP contribution is -2.56. The third-order valence-electron chi connectivity index (χ3n) is 4.43. The van der Waals surface area contributed by atoms with Crippen LogP contribution in [-0.4, -0.2) is 68.3 Å². The Balaban J connectivity index is 1.85. The molecule has 1 saturated carbocycles. The third kappa shape index (κ3) is 3.41. The Morgan fingerprint density at radius 3 is 2.53 bits per heavy atom. The molecule has 1 aliphatic heterocycles. The summed E-state index contributed by atoms with van der Waals surface area (Å²) in [4.78, 5) is 5.09. The maximum absolute atomic E-state index is 5.98. The van der Waals surface area contributed by atoms with Gasteiger partial charge in [0.05, 0.1) is 6.61 Å². The van der Waals surface area contributed by atoms with Crippen LogP contribution in [0.25, 0.3) is 0 Å². The van der Waals surface area contributed by atoms with E-state index in [1.54, 1.807) is 7.11 Å². The third-order valence-corrected chi connectivity index (χ3v) is 4.43. The second-order valence-corrected chi connectivity index (χ2v) is 5.65. The van der Waals surface area contributed by atoms with Crippen LogP contribution < -0.4 is 5.73 Å². The van der Waals surface area contributed by atoms with Crippen molar-refractivity contribution in [1.29, 1.82) is 0 Å². The fraction of sp³-hybridized carbons (Fsp3) is 1.00. The van der Waals surface area contributed by atoms with E-state index in [9.17, 15) is 0 Å². The maximum Gasteiger partial charge on any atom is 0.0630 e. The number of hydrogen-bond donors (Lipinski definition) is 1. The fourth-order valence-electron chi connectivity index (χ4n) is 3.14. The van der Waals surface area contributed by atoms with Crippen molar-refractivity contribution in [2.75, 3.05) is 40.4 Å². The van der Waals surface area contributed by atoms with Gasteiger partial charge in [-0.2, -0.15) is 0 Å². The minimum atomic E-state index is 0.452. The minimum Gasteiger partial charge on any atom is -0.383 e. The highest BCUT2D eigenvalue weighted by atomic mass is 16.5. The second-order valence-electron chi connectivity index (χ2n) is 5.65. The lowest BCUT2D eigenvalue weighted by Gasteiger charge is -2.44. The molecule has 2 rings (SSSR count). The summed E-state index contributed by atoms with van der Waals surface area (Å²) in [7, 11) is 4.00. The summed E-state index contributed by atoms with van der Waals surface area (Å²) >= 11 is 0. The first-order valence-corrected chi connectivity index (χ1v) is 6.89. The van der Waals surface area contributed by atoms with E-state index in [2.05, 4.69) is 16.8 Å². The molecule has 17 heavy (non-hydrogen) atoms. The molecule has 2 fully saturated rings. The molecule has 2 N–H and O–H groups in total. The van der Waals surface area contributed by atoms with Gasteiger partial charge in [-0.1, -0.05) is 0 Å². The van der Waals surface area contributed by atoms with Gasteiger partial charge in [-0.25, -0.2) is 0 Å². The highest BCUT2D eigenvalue weighted by Gasteiger charge is 2.30. The molecular formula is C13H27N3O. The number of hydrogen-bond acceptors (Lipinski definition) is 4. The van der Waals surface area contributed by atoms with Gasteiger partial charge in [0, 0.05) is 44.9 Å². The van der Waals surface area contributed by atoms with Crippen molar-refractivity contribution in [3.8, 4) is 0 Å².